The number of carbonyl (C=O) groups is 2. The molecule has 0 bridgehead atoms. The van der Waals surface area contributed by atoms with Crippen LogP contribution in [0.4, 0.5) is 5.69 Å². The van der Waals surface area contributed by atoms with Gasteiger partial charge in [0.05, 0.1) is 11.5 Å². The predicted octanol–water partition coefficient (Wildman–Crippen LogP) is 6.06. The Balaban J connectivity index is 1.51. The van der Waals surface area contributed by atoms with Gasteiger partial charge in [0.2, 0.25) is 11.8 Å². The van der Waals surface area contributed by atoms with E-state index < -0.39 is 4.92 Å². The molecule has 1 fully saturated rings. The molecule has 1 aliphatic carbocycles. The van der Waals surface area contributed by atoms with Crippen LogP contribution in [0.3, 0.4) is 0 Å². The molecule has 2 aromatic carbocycles. The standard InChI is InChI=1S/C29H31N3O4S/c33-28(18-15-23-13-16-26(17-14-23)32(35)36)31(25-10-5-2-6-11-25)22-29(34)30(21-27-12-7-19-37-27)20-24-8-3-1-4-9-24/h1,3-4,7-9,12-19,25H,2,5-6,10-11,20-22H2/b18-15+. The summed E-state index contributed by atoms with van der Waals surface area (Å²) >= 11 is 1.61. The summed E-state index contributed by atoms with van der Waals surface area (Å²) in [5.74, 6) is -0.297. The highest BCUT2D eigenvalue weighted by Crippen LogP contribution is 2.24. The fraction of sp³-hybridized carbons (Fsp3) is 0.310. The lowest BCUT2D eigenvalue weighted by Crippen LogP contribution is -2.47. The Morgan fingerprint density at radius 1 is 0.946 bits per heavy atom. The molecule has 37 heavy (non-hydrogen) atoms. The van der Waals surface area contributed by atoms with Gasteiger partial charge in [-0.2, -0.15) is 0 Å². The molecule has 8 heteroatoms. The molecule has 0 atom stereocenters. The monoisotopic (exact) mass is 517 g/mol. The van der Waals surface area contributed by atoms with Crippen molar-refractivity contribution in [1.29, 1.82) is 0 Å². The van der Waals surface area contributed by atoms with E-state index in [1.165, 1.54) is 18.2 Å². The quantitative estimate of drug-likeness (QED) is 0.186. The summed E-state index contributed by atoms with van der Waals surface area (Å²) in [6.07, 6.45) is 8.12. The van der Waals surface area contributed by atoms with E-state index in [1.807, 2.05) is 52.7 Å². The molecule has 2 amide bonds. The van der Waals surface area contributed by atoms with E-state index in [0.717, 1.165) is 42.5 Å². The lowest BCUT2D eigenvalue weighted by molar-refractivity contribution is -0.384. The minimum absolute atomic E-state index is 0.00199. The summed E-state index contributed by atoms with van der Waals surface area (Å²) < 4.78 is 0. The summed E-state index contributed by atoms with van der Waals surface area (Å²) in [5.41, 5.74) is 1.74. The van der Waals surface area contributed by atoms with E-state index in [9.17, 15) is 19.7 Å². The van der Waals surface area contributed by atoms with Crippen LogP contribution in [0.15, 0.2) is 78.2 Å². The van der Waals surface area contributed by atoms with E-state index in [1.54, 1.807) is 34.4 Å². The van der Waals surface area contributed by atoms with Crippen molar-refractivity contribution < 1.29 is 14.5 Å². The van der Waals surface area contributed by atoms with Crippen molar-refractivity contribution in [2.45, 2.75) is 51.2 Å². The lowest BCUT2D eigenvalue weighted by atomic mass is 9.94. The van der Waals surface area contributed by atoms with Gasteiger partial charge in [-0.15, -0.1) is 11.3 Å². The van der Waals surface area contributed by atoms with Crippen LogP contribution in [0.25, 0.3) is 6.08 Å². The molecule has 1 aromatic heterocycles. The van der Waals surface area contributed by atoms with Gasteiger partial charge in [-0.05, 0) is 53.6 Å². The van der Waals surface area contributed by atoms with Gasteiger partial charge in [-0.1, -0.05) is 55.7 Å². The van der Waals surface area contributed by atoms with Gasteiger partial charge in [0, 0.05) is 35.7 Å². The van der Waals surface area contributed by atoms with Crippen molar-refractivity contribution in [3.63, 3.8) is 0 Å². The molecule has 0 radical (unpaired) electrons. The Bertz CT molecular complexity index is 1200. The molecule has 1 saturated carbocycles. The van der Waals surface area contributed by atoms with Crippen LogP contribution in [-0.2, 0) is 22.7 Å². The summed E-state index contributed by atoms with van der Waals surface area (Å²) in [7, 11) is 0. The van der Waals surface area contributed by atoms with E-state index >= 15 is 0 Å². The Morgan fingerprint density at radius 2 is 1.68 bits per heavy atom. The summed E-state index contributed by atoms with van der Waals surface area (Å²) in [6, 6.07) is 20.0. The van der Waals surface area contributed by atoms with Gasteiger partial charge in [-0.3, -0.25) is 19.7 Å². The maximum absolute atomic E-state index is 13.7. The third-order valence-corrected chi connectivity index (χ3v) is 7.48. The second-order valence-electron chi connectivity index (χ2n) is 9.25. The molecule has 0 unspecified atom stereocenters. The lowest BCUT2D eigenvalue weighted by Gasteiger charge is -2.35. The largest absolute Gasteiger partial charge is 0.332 e. The van der Waals surface area contributed by atoms with Gasteiger partial charge in [0.1, 0.15) is 6.54 Å². The van der Waals surface area contributed by atoms with Crippen LogP contribution in [-0.4, -0.2) is 39.1 Å². The topological polar surface area (TPSA) is 83.8 Å². The van der Waals surface area contributed by atoms with Gasteiger partial charge in [0.25, 0.3) is 5.69 Å². The molecular formula is C29H31N3O4S. The number of carbonyl (C=O) groups excluding carboxylic acids is 2. The second kappa shape index (κ2) is 13.0. The maximum atomic E-state index is 13.7. The highest BCUT2D eigenvalue weighted by Gasteiger charge is 2.28. The molecule has 7 nitrogen and oxygen atoms in total. The van der Waals surface area contributed by atoms with Gasteiger partial charge in [-0.25, -0.2) is 0 Å². The number of rotatable bonds is 10. The summed E-state index contributed by atoms with van der Waals surface area (Å²) in [4.78, 5) is 42.1. The Kier molecular flexibility index (Phi) is 9.21. The Morgan fingerprint density at radius 3 is 2.32 bits per heavy atom. The summed E-state index contributed by atoms with van der Waals surface area (Å²) in [6.45, 7) is 0.992. The van der Waals surface area contributed by atoms with Crippen molar-refractivity contribution in [3.8, 4) is 0 Å². The van der Waals surface area contributed by atoms with Crippen molar-refractivity contribution >= 4 is 34.9 Å². The zero-order chi connectivity index (χ0) is 26.0. The normalized spacial score (nSPS) is 13.9. The number of non-ortho nitro benzene ring substituents is 1. The number of hydrogen-bond acceptors (Lipinski definition) is 5. The second-order valence-corrected chi connectivity index (χ2v) is 10.3. The van der Waals surface area contributed by atoms with Gasteiger partial charge >= 0.3 is 0 Å². The highest BCUT2D eigenvalue weighted by molar-refractivity contribution is 7.09. The Labute approximate surface area is 221 Å². The van der Waals surface area contributed by atoms with Gasteiger partial charge < -0.3 is 9.80 Å². The fourth-order valence-electron chi connectivity index (χ4n) is 4.62. The van der Waals surface area contributed by atoms with E-state index in [2.05, 4.69) is 0 Å². The molecular weight excluding hydrogens is 486 g/mol. The highest BCUT2D eigenvalue weighted by atomic mass is 32.1. The fourth-order valence-corrected chi connectivity index (χ4v) is 5.34. The average molecular weight is 518 g/mol. The molecule has 0 N–H and O–H groups in total. The molecule has 0 spiro atoms. The number of nitro benzene ring substituents is 1. The first kappa shape index (κ1) is 26.3. The van der Waals surface area contributed by atoms with E-state index in [4.69, 9.17) is 0 Å². The third-order valence-electron chi connectivity index (χ3n) is 6.62. The Hall–Kier alpha value is -3.78. The first-order valence-corrected chi connectivity index (χ1v) is 13.4. The molecule has 1 heterocycles. The number of thiophene rings is 1. The number of nitro groups is 1. The van der Waals surface area contributed by atoms with Gasteiger partial charge in [0.15, 0.2) is 0 Å². The molecule has 3 aromatic rings. The molecule has 0 saturated heterocycles. The zero-order valence-electron chi connectivity index (χ0n) is 20.7. The average Bonchev–Trinajstić information content (AvgIpc) is 3.44. The van der Waals surface area contributed by atoms with Crippen LogP contribution in [0.2, 0.25) is 0 Å². The van der Waals surface area contributed by atoms with Crippen molar-refractivity contribution in [2.75, 3.05) is 6.54 Å². The zero-order valence-corrected chi connectivity index (χ0v) is 21.5. The molecule has 192 valence electrons. The number of hydrogen-bond donors (Lipinski definition) is 0. The minimum Gasteiger partial charge on any atom is -0.332 e. The first-order chi connectivity index (χ1) is 18.0. The summed E-state index contributed by atoms with van der Waals surface area (Å²) in [5, 5.41) is 12.9. The number of amides is 2. The predicted molar refractivity (Wildman–Crippen MR) is 146 cm³/mol. The van der Waals surface area contributed by atoms with E-state index in [-0.39, 0.29) is 30.1 Å². The maximum Gasteiger partial charge on any atom is 0.269 e. The van der Waals surface area contributed by atoms with Crippen LogP contribution >= 0.6 is 11.3 Å². The van der Waals surface area contributed by atoms with Crippen LogP contribution < -0.4 is 0 Å². The van der Waals surface area contributed by atoms with Crippen molar-refractivity contribution in [3.05, 3.63) is 104 Å². The molecule has 1 aliphatic rings. The van der Waals surface area contributed by atoms with Crippen LogP contribution in [0.1, 0.15) is 48.1 Å². The van der Waals surface area contributed by atoms with Crippen LogP contribution in [0.5, 0.6) is 0 Å². The smallest absolute Gasteiger partial charge is 0.269 e. The van der Waals surface area contributed by atoms with Crippen LogP contribution in [0, 0.1) is 10.1 Å². The van der Waals surface area contributed by atoms with Crippen molar-refractivity contribution in [1.82, 2.24) is 9.80 Å². The minimum atomic E-state index is -0.452. The third kappa shape index (κ3) is 7.60. The first-order valence-electron chi connectivity index (χ1n) is 12.6. The molecule has 4 rings (SSSR count). The SMILES string of the molecule is O=C(CN(C(=O)/C=C/c1ccc([N+](=O)[O-])cc1)C1CCCCC1)N(Cc1ccccc1)Cc1cccs1. The molecule has 0 aliphatic heterocycles. The van der Waals surface area contributed by atoms with Crippen molar-refractivity contribution in [2.24, 2.45) is 0 Å². The number of nitrogens with zero attached hydrogens (tertiary/aromatic N) is 3. The van der Waals surface area contributed by atoms with E-state index in [0.29, 0.717) is 18.7 Å². The number of benzene rings is 2.